The van der Waals surface area contributed by atoms with Crippen LogP contribution in [0.25, 0.3) is 27.5 Å². The summed E-state index contributed by atoms with van der Waals surface area (Å²) in [7, 11) is -0.619. The molecule has 9 rings (SSSR count). The highest BCUT2D eigenvalue weighted by molar-refractivity contribution is 7.83. The number of hydrogen-bond acceptors (Lipinski definition) is 10. The fraction of sp³-hybridized carbons (Fsp3) is 0.341. The van der Waals surface area contributed by atoms with Gasteiger partial charge in [-0.25, -0.2) is 9.19 Å². The predicted molar refractivity (Wildman–Crippen MR) is 232 cm³/mol. The van der Waals surface area contributed by atoms with E-state index in [-0.39, 0.29) is 27.4 Å². The minimum atomic E-state index is -2.17. The Labute approximate surface area is 354 Å². The molecule has 6 aromatic rings. The van der Waals surface area contributed by atoms with E-state index in [1.165, 1.54) is 59.2 Å². The lowest BCUT2D eigenvalue weighted by molar-refractivity contribution is -0.383. The Morgan fingerprint density at radius 3 is 2.62 bits per heavy atom. The number of aromatic amines is 1. The largest absolute Gasteiger partial charge is 0.455 e. The number of aromatic nitrogens is 4. The number of halogens is 1. The molecule has 16 heteroatoms. The van der Waals surface area contributed by atoms with E-state index in [4.69, 9.17) is 21.1 Å². The smallest absolute Gasteiger partial charge is 0.281 e. The van der Waals surface area contributed by atoms with Crippen molar-refractivity contribution in [1.29, 1.82) is 0 Å². The number of ether oxygens (including phenoxy) is 2. The van der Waals surface area contributed by atoms with Crippen LogP contribution in [-0.4, -0.2) is 86.1 Å². The molecule has 0 bridgehead atoms. The van der Waals surface area contributed by atoms with Crippen molar-refractivity contribution in [1.82, 2.24) is 29.4 Å². The highest BCUT2D eigenvalue weighted by Gasteiger charge is 2.41. The number of hydrogen-bond donors (Lipinski definition) is 2. The molecular formula is C44H45ClN8O6S. The van der Waals surface area contributed by atoms with Gasteiger partial charge in [0.25, 0.3) is 11.6 Å². The van der Waals surface area contributed by atoms with Crippen LogP contribution in [-0.2, 0) is 22.3 Å². The van der Waals surface area contributed by atoms with Crippen LogP contribution in [0, 0.1) is 15.5 Å². The molecule has 1 aliphatic heterocycles. The second-order valence-corrected chi connectivity index (χ2v) is 17.6. The first-order valence-corrected chi connectivity index (χ1v) is 21.7. The lowest BCUT2D eigenvalue weighted by atomic mass is 9.59. The van der Waals surface area contributed by atoms with Crippen LogP contribution in [0.15, 0.2) is 95.8 Å². The summed E-state index contributed by atoms with van der Waals surface area (Å²) in [4.78, 5) is 37.8. The highest BCUT2D eigenvalue weighted by Crippen LogP contribution is 2.55. The lowest BCUT2D eigenvalue weighted by Gasteiger charge is -2.47. The van der Waals surface area contributed by atoms with E-state index in [2.05, 4.69) is 41.7 Å². The first-order chi connectivity index (χ1) is 29.1. The summed E-state index contributed by atoms with van der Waals surface area (Å²) in [5.74, 6) is -0.000631. The normalized spacial score (nSPS) is 17.3. The van der Waals surface area contributed by atoms with E-state index in [9.17, 15) is 19.1 Å². The molecule has 3 aliphatic rings. The van der Waals surface area contributed by atoms with Crippen LogP contribution in [0.3, 0.4) is 0 Å². The minimum Gasteiger partial charge on any atom is -0.455 e. The summed E-state index contributed by atoms with van der Waals surface area (Å²) in [6, 6.07) is 20.1. The zero-order valence-electron chi connectivity index (χ0n) is 33.2. The quantitative estimate of drug-likeness (QED) is 0.0855. The number of nitrogens with zero attached hydrogens (tertiary/aromatic N) is 6. The SMILES string of the molecule is COCCn1cc2c([N+](=O)[O-])cc(S(=O)NC(=O)c3ccc(N4CCN(CC5=C(c6ccc(Cl)cc6)CC6(CCC6)CC5)CC4)cc3Oc3cnc4[nH]ccc4c3)cc2n1. The molecule has 0 radical (unpaired) electrons. The molecular weight excluding hydrogens is 804 g/mol. The third-order valence-electron chi connectivity index (χ3n) is 12.3. The number of non-ortho nitro benzene ring substituents is 1. The van der Waals surface area contributed by atoms with Gasteiger partial charge in [-0.05, 0) is 91.1 Å². The molecule has 14 nitrogen and oxygen atoms in total. The summed E-state index contributed by atoms with van der Waals surface area (Å²) in [6.07, 6.45) is 12.4. The van der Waals surface area contributed by atoms with Crippen molar-refractivity contribution in [2.24, 2.45) is 5.41 Å². The van der Waals surface area contributed by atoms with E-state index >= 15 is 0 Å². The molecule has 1 spiro atoms. The molecule has 1 atom stereocenters. The van der Waals surface area contributed by atoms with E-state index in [0.717, 1.165) is 61.7 Å². The average Bonchev–Trinajstić information content (AvgIpc) is 3.89. The van der Waals surface area contributed by atoms with Crippen molar-refractivity contribution in [3.05, 3.63) is 117 Å². The number of methoxy groups -OCH3 is 1. The Morgan fingerprint density at radius 1 is 1.05 bits per heavy atom. The zero-order valence-corrected chi connectivity index (χ0v) is 34.8. The third kappa shape index (κ3) is 8.26. The molecule has 3 aromatic heterocycles. The maximum absolute atomic E-state index is 13.9. The number of piperazine rings is 1. The zero-order chi connectivity index (χ0) is 41.4. The molecule has 60 heavy (non-hydrogen) atoms. The van der Waals surface area contributed by atoms with Crippen molar-refractivity contribution < 1.29 is 23.4 Å². The molecule has 310 valence electrons. The Kier molecular flexibility index (Phi) is 11.2. The van der Waals surface area contributed by atoms with Gasteiger partial charge >= 0.3 is 0 Å². The predicted octanol–water partition coefficient (Wildman–Crippen LogP) is 8.30. The Morgan fingerprint density at radius 2 is 1.87 bits per heavy atom. The number of nitro groups is 1. The van der Waals surface area contributed by atoms with E-state index < -0.39 is 21.8 Å². The number of carbonyl (C=O) groups is 1. The molecule has 2 fully saturated rings. The van der Waals surface area contributed by atoms with Gasteiger partial charge in [0.2, 0.25) is 0 Å². The van der Waals surface area contributed by atoms with Gasteiger partial charge in [-0.1, -0.05) is 35.7 Å². The monoisotopic (exact) mass is 848 g/mol. The number of benzene rings is 3. The standard InChI is InChI=1S/C44H45ClN8O6S/c1-58-20-19-52-28-38-39(48-52)23-35(24-40(38)53(55)56)60(57)49-43(54)36-8-7-33(22-41(36)59-34-21-30-10-14-46-42(30)47-26-34)51-17-15-50(16-18-51)27-31-9-13-44(11-2-12-44)25-37(31)29-3-5-32(45)6-4-29/h3-8,10,14,21-24,26,28H,2,9,11-13,15-20,25,27H2,1H3,(H,46,47)(H,49,54). The molecule has 1 unspecified atom stereocenters. The maximum Gasteiger partial charge on any atom is 0.281 e. The Bertz CT molecular complexity index is 2650. The van der Waals surface area contributed by atoms with Crippen molar-refractivity contribution in [3.8, 4) is 11.5 Å². The molecule has 2 N–H and O–H groups in total. The average molecular weight is 849 g/mol. The highest BCUT2D eigenvalue weighted by atomic mass is 35.5. The first kappa shape index (κ1) is 39.8. The van der Waals surface area contributed by atoms with Crippen molar-refractivity contribution >= 4 is 67.4 Å². The van der Waals surface area contributed by atoms with Gasteiger partial charge in [-0.2, -0.15) is 5.10 Å². The molecule has 1 amide bonds. The number of rotatable bonds is 13. The number of pyridine rings is 1. The van der Waals surface area contributed by atoms with Crippen LogP contribution in [0.5, 0.6) is 11.5 Å². The maximum atomic E-state index is 13.9. The molecule has 2 aliphatic carbocycles. The molecule has 4 heterocycles. The van der Waals surface area contributed by atoms with Crippen molar-refractivity contribution in [2.45, 2.75) is 50.0 Å². The summed E-state index contributed by atoms with van der Waals surface area (Å²) in [5.41, 5.74) is 6.51. The number of allylic oxidation sites excluding steroid dienone is 1. The van der Waals surface area contributed by atoms with Gasteiger partial charge in [0, 0.05) is 80.5 Å². The number of nitrogens with one attached hydrogen (secondary N) is 2. The van der Waals surface area contributed by atoms with E-state index in [1.807, 2.05) is 36.4 Å². The number of H-pyrrole nitrogens is 1. The number of carbonyl (C=O) groups excluding carboxylic acids is 1. The van der Waals surface area contributed by atoms with Gasteiger partial charge in [0.05, 0.1) is 40.1 Å². The lowest BCUT2D eigenvalue weighted by Crippen LogP contribution is -2.47. The number of nitro benzene ring substituents is 1. The van der Waals surface area contributed by atoms with Crippen LogP contribution < -0.4 is 14.4 Å². The summed E-state index contributed by atoms with van der Waals surface area (Å²) < 4.78 is 29.3. The van der Waals surface area contributed by atoms with Crippen LogP contribution >= 0.6 is 11.6 Å². The van der Waals surface area contributed by atoms with E-state index in [0.29, 0.717) is 35.3 Å². The van der Waals surface area contributed by atoms with Gasteiger partial charge in [0.1, 0.15) is 22.7 Å². The van der Waals surface area contributed by atoms with Crippen LogP contribution in [0.1, 0.15) is 54.4 Å². The fourth-order valence-corrected chi connectivity index (χ4v) is 9.75. The first-order valence-electron chi connectivity index (χ1n) is 20.2. The van der Waals surface area contributed by atoms with Gasteiger partial charge in [-0.3, -0.25) is 29.2 Å². The minimum absolute atomic E-state index is 0.0328. The van der Waals surface area contributed by atoms with Crippen LogP contribution in [0.2, 0.25) is 5.02 Å². The second-order valence-electron chi connectivity index (χ2n) is 16.0. The molecule has 1 saturated heterocycles. The topological polar surface area (TPSA) is 161 Å². The Balaban J connectivity index is 0.943. The summed E-state index contributed by atoms with van der Waals surface area (Å²) >= 11 is 6.28. The molecule has 1 saturated carbocycles. The van der Waals surface area contributed by atoms with E-state index in [1.54, 1.807) is 31.8 Å². The number of fused-ring (bicyclic) bond motifs is 2. The van der Waals surface area contributed by atoms with Crippen LogP contribution in [0.4, 0.5) is 11.4 Å². The summed E-state index contributed by atoms with van der Waals surface area (Å²) in [6.45, 7) is 4.97. The number of amides is 1. The third-order valence-corrected chi connectivity index (χ3v) is 13.5. The second kappa shape index (κ2) is 16.8. The van der Waals surface area contributed by atoms with Gasteiger partial charge in [-0.15, -0.1) is 0 Å². The summed E-state index contributed by atoms with van der Waals surface area (Å²) in [5, 5.41) is 18.3. The Hall–Kier alpha value is -5.61. The number of anilines is 1. The van der Waals surface area contributed by atoms with Gasteiger partial charge in [0.15, 0.2) is 11.0 Å². The van der Waals surface area contributed by atoms with Crippen molar-refractivity contribution in [3.63, 3.8) is 0 Å². The molecule has 3 aromatic carbocycles. The van der Waals surface area contributed by atoms with Gasteiger partial charge < -0.3 is 19.4 Å². The van der Waals surface area contributed by atoms with Crippen molar-refractivity contribution in [2.75, 3.05) is 51.3 Å². The fourth-order valence-electron chi connectivity index (χ4n) is 8.79.